The molecule has 29 heavy (non-hydrogen) atoms. The molecule has 0 aliphatic carbocycles. The average Bonchev–Trinajstić information content (AvgIpc) is 2.96. The van der Waals surface area contributed by atoms with Gasteiger partial charge >= 0.3 is 5.97 Å². The van der Waals surface area contributed by atoms with Crippen LogP contribution in [0.4, 0.5) is 11.4 Å². The van der Waals surface area contributed by atoms with E-state index in [1.165, 1.54) is 19.2 Å². The van der Waals surface area contributed by atoms with Gasteiger partial charge in [-0.3, -0.25) is 9.10 Å². The molecule has 7 nitrogen and oxygen atoms in total. The van der Waals surface area contributed by atoms with Crippen molar-refractivity contribution < 1.29 is 22.7 Å². The van der Waals surface area contributed by atoms with E-state index in [1.807, 2.05) is 12.1 Å². The smallest absolute Gasteiger partial charge is 0.337 e. The van der Waals surface area contributed by atoms with E-state index in [4.69, 9.17) is 0 Å². The first-order valence-corrected chi connectivity index (χ1v) is 10.3. The Morgan fingerprint density at radius 3 is 2.31 bits per heavy atom. The molecule has 148 valence electrons. The molecule has 8 heteroatoms. The van der Waals surface area contributed by atoms with Crippen LogP contribution in [0.3, 0.4) is 0 Å². The van der Waals surface area contributed by atoms with Crippen molar-refractivity contribution in [2.75, 3.05) is 16.7 Å². The highest BCUT2D eigenvalue weighted by molar-refractivity contribution is 7.93. The summed E-state index contributed by atoms with van der Waals surface area (Å²) in [5.41, 5.74) is 1.28. The van der Waals surface area contributed by atoms with Crippen molar-refractivity contribution in [2.45, 2.75) is 17.9 Å². The van der Waals surface area contributed by atoms with Gasteiger partial charge < -0.3 is 10.1 Å². The predicted molar refractivity (Wildman–Crippen MR) is 109 cm³/mol. The second kappa shape index (κ2) is 6.89. The van der Waals surface area contributed by atoms with E-state index in [0.29, 0.717) is 22.3 Å². The molecule has 0 bridgehead atoms. The number of hydrogen-bond acceptors (Lipinski definition) is 5. The number of benzene rings is 3. The van der Waals surface area contributed by atoms with E-state index in [-0.39, 0.29) is 4.90 Å². The number of anilines is 2. The van der Waals surface area contributed by atoms with Crippen LogP contribution in [0.25, 0.3) is 10.8 Å². The van der Waals surface area contributed by atoms with Crippen molar-refractivity contribution in [3.8, 4) is 0 Å². The first kappa shape index (κ1) is 18.9. The van der Waals surface area contributed by atoms with Gasteiger partial charge in [0.1, 0.15) is 6.04 Å². The topological polar surface area (TPSA) is 92.8 Å². The molecule has 1 heterocycles. The molecule has 1 amide bonds. The normalized spacial score (nSPS) is 15.2. The lowest BCUT2D eigenvalue weighted by Gasteiger charge is -2.25. The molecular weight excluding hydrogens is 392 g/mol. The number of sulfonamides is 1. The van der Waals surface area contributed by atoms with Crippen molar-refractivity contribution in [1.29, 1.82) is 0 Å². The fraction of sp³-hybridized carbons (Fsp3) is 0.143. The molecule has 1 atom stereocenters. The minimum Gasteiger partial charge on any atom is -0.465 e. The lowest BCUT2D eigenvalue weighted by molar-refractivity contribution is -0.116. The quantitative estimate of drug-likeness (QED) is 0.667. The second-order valence-electron chi connectivity index (χ2n) is 6.67. The van der Waals surface area contributed by atoms with Gasteiger partial charge in [-0.2, -0.15) is 0 Å². The largest absolute Gasteiger partial charge is 0.465 e. The summed E-state index contributed by atoms with van der Waals surface area (Å²) in [5.74, 6) is -0.963. The molecule has 0 saturated carbocycles. The Labute approximate surface area is 167 Å². The first-order chi connectivity index (χ1) is 13.8. The van der Waals surface area contributed by atoms with Gasteiger partial charge in [0.2, 0.25) is 5.91 Å². The molecule has 0 saturated heterocycles. The molecule has 3 aromatic rings. The lowest BCUT2D eigenvalue weighted by Crippen LogP contribution is -2.43. The number of carbonyl (C=O) groups is 2. The van der Waals surface area contributed by atoms with Gasteiger partial charge in [0.25, 0.3) is 10.0 Å². The maximum Gasteiger partial charge on any atom is 0.337 e. The van der Waals surface area contributed by atoms with E-state index in [1.54, 1.807) is 43.3 Å². The molecule has 0 fully saturated rings. The summed E-state index contributed by atoms with van der Waals surface area (Å²) in [5, 5.41) is 4.13. The van der Waals surface area contributed by atoms with Crippen LogP contribution in [0.15, 0.2) is 65.6 Å². The lowest BCUT2D eigenvalue weighted by atomic mass is 10.1. The van der Waals surface area contributed by atoms with Gasteiger partial charge in [-0.05, 0) is 48.7 Å². The van der Waals surface area contributed by atoms with Crippen LogP contribution >= 0.6 is 0 Å². The zero-order valence-corrected chi connectivity index (χ0v) is 16.6. The number of nitrogens with zero attached hydrogens (tertiary/aromatic N) is 1. The predicted octanol–water partition coefficient (Wildman–Crippen LogP) is 3.16. The molecule has 3 aromatic carbocycles. The van der Waals surface area contributed by atoms with Gasteiger partial charge in [0, 0.05) is 11.1 Å². The summed E-state index contributed by atoms with van der Waals surface area (Å²) in [6.07, 6.45) is 0. The van der Waals surface area contributed by atoms with Crippen molar-refractivity contribution in [3.63, 3.8) is 0 Å². The number of nitrogens with one attached hydrogen (secondary N) is 1. The highest BCUT2D eigenvalue weighted by Gasteiger charge is 2.40. The summed E-state index contributed by atoms with van der Waals surface area (Å²) in [4.78, 5) is 24.5. The molecule has 1 N–H and O–H groups in total. The SMILES string of the molecule is COC(=O)c1ccc(NC(=O)[C@H](C)N2c3cccc4cccc(c34)S2(=O)=O)cc1. The fourth-order valence-electron chi connectivity index (χ4n) is 3.50. The number of rotatable bonds is 4. The maximum absolute atomic E-state index is 13.1. The third-order valence-corrected chi connectivity index (χ3v) is 6.85. The fourth-order valence-corrected chi connectivity index (χ4v) is 5.36. The van der Waals surface area contributed by atoms with Gasteiger partial charge in [0.05, 0.1) is 23.3 Å². The Morgan fingerprint density at radius 1 is 1.00 bits per heavy atom. The molecule has 1 aliphatic rings. The van der Waals surface area contributed by atoms with E-state index in [9.17, 15) is 18.0 Å². The molecule has 0 unspecified atom stereocenters. The number of hydrogen-bond donors (Lipinski definition) is 1. The number of amides is 1. The van der Waals surface area contributed by atoms with Crippen molar-refractivity contribution >= 4 is 44.0 Å². The summed E-state index contributed by atoms with van der Waals surface area (Å²) >= 11 is 0. The molecule has 0 spiro atoms. The minimum absolute atomic E-state index is 0.202. The zero-order chi connectivity index (χ0) is 20.8. The third-order valence-electron chi connectivity index (χ3n) is 4.92. The molecule has 0 radical (unpaired) electrons. The van der Waals surface area contributed by atoms with Gasteiger partial charge in [0.15, 0.2) is 0 Å². The molecule has 0 aromatic heterocycles. The summed E-state index contributed by atoms with van der Waals surface area (Å²) in [6, 6.07) is 15.6. The molecular formula is C21H18N2O5S. The summed E-state index contributed by atoms with van der Waals surface area (Å²) in [7, 11) is -2.56. The van der Waals surface area contributed by atoms with Crippen LogP contribution in [-0.2, 0) is 19.6 Å². The Bertz CT molecular complexity index is 1230. The Morgan fingerprint density at radius 2 is 1.66 bits per heavy atom. The number of esters is 1. The second-order valence-corrected chi connectivity index (χ2v) is 8.45. The van der Waals surface area contributed by atoms with E-state index in [2.05, 4.69) is 10.1 Å². The average molecular weight is 410 g/mol. The van der Waals surface area contributed by atoms with Crippen LogP contribution in [-0.4, -0.2) is 33.4 Å². The Balaban J connectivity index is 1.63. The third kappa shape index (κ3) is 3.01. The maximum atomic E-state index is 13.1. The van der Waals surface area contributed by atoms with Crippen LogP contribution < -0.4 is 9.62 Å². The number of carbonyl (C=O) groups excluding carboxylic acids is 2. The Hall–Kier alpha value is -3.39. The standard InChI is InChI=1S/C21H18N2O5S/c1-13(20(24)22-16-11-9-15(10-12-16)21(25)28-2)23-17-7-3-5-14-6-4-8-18(19(14)17)29(23,26)27/h3-13H,1-2H3,(H,22,24)/t13-/m0/s1. The summed E-state index contributed by atoms with van der Waals surface area (Å²) < 4.78 is 32.0. The van der Waals surface area contributed by atoms with Crippen LogP contribution in [0.2, 0.25) is 0 Å². The van der Waals surface area contributed by atoms with Gasteiger partial charge in [-0.15, -0.1) is 0 Å². The molecule has 4 rings (SSSR count). The van der Waals surface area contributed by atoms with E-state index < -0.39 is 27.9 Å². The number of ether oxygens (including phenoxy) is 1. The summed E-state index contributed by atoms with van der Waals surface area (Å²) in [6.45, 7) is 1.54. The minimum atomic E-state index is -3.85. The van der Waals surface area contributed by atoms with Crippen LogP contribution in [0.1, 0.15) is 17.3 Å². The van der Waals surface area contributed by atoms with Crippen molar-refractivity contribution in [1.82, 2.24) is 0 Å². The van der Waals surface area contributed by atoms with Crippen molar-refractivity contribution in [2.24, 2.45) is 0 Å². The highest BCUT2D eigenvalue weighted by atomic mass is 32.2. The van der Waals surface area contributed by atoms with Gasteiger partial charge in [-0.25, -0.2) is 13.2 Å². The monoisotopic (exact) mass is 410 g/mol. The molecule has 1 aliphatic heterocycles. The van der Waals surface area contributed by atoms with Crippen LogP contribution in [0.5, 0.6) is 0 Å². The van der Waals surface area contributed by atoms with E-state index >= 15 is 0 Å². The Kier molecular flexibility index (Phi) is 4.50. The van der Waals surface area contributed by atoms with Gasteiger partial charge in [-0.1, -0.05) is 24.3 Å². The van der Waals surface area contributed by atoms with Crippen molar-refractivity contribution in [3.05, 3.63) is 66.2 Å². The highest BCUT2D eigenvalue weighted by Crippen LogP contribution is 2.43. The zero-order valence-electron chi connectivity index (χ0n) is 15.7. The van der Waals surface area contributed by atoms with E-state index in [0.717, 1.165) is 9.69 Å². The van der Waals surface area contributed by atoms with Crippen LogP contribution in [0, 0.1) is 0 Å². The first-order valence-electron chi connectivity index (χ1n) is 8.90. The number of methoxy groups -OCH3 is 1.